The van der Waals surface area contributed by atoms with Crippen LogP contribution in [0.4, 0.5) is 0 Å². The molecule has 0 saturated heterocycles. The fourth-order valence-electron chi connectivity index (χ4n) is 1.69. The molecule has 0 aromatic heterocycles. The maximum absolute atomic E-state index is 11.2. The summed E-state index contributed by atoms with van der Waals surface area (Å²) < 4.78 is 0. The van der Waals surface area contributed by atoms with Crippen LogP contribution in [0.3, 0.4) is 0 Å². The molecule has 1 fully saturated rings. The zero-order valence-electron chi connectivity index (χ0n) is 8.12. The minimum Gasteiger partial charge on any atom is -0.352 e. The van der Waals surface area contributed by atoms with E-state index in [1.54, 1.807) is 6.92 Å². The van der Waals surface area contributed by atoms with E-state index in [2.05, 4.69) is 5.32 Å². The van der Waals surface area contributed by atoms with Gasteiger partial charge in [-0.1, -0.05) is 0 Å². The number of amides is 1. The molecule has 1 saturated carbocycles. The van der Waals surface area contributed by atoms with Gasteiger partial charge in [-0.3, -0.25) is 4.79 Å². The summed E-state index contributed by atoms with van der Waals surface area (Å²) in [6.07, 6.45) is 4.10. The Hall–Kier alpha value is -0.610. The molecule has 0 heterocycles. The van der Waals surface area contributed by atoms with Crippen molar-refractivity contribution in [2.24, 2.45) is 11.5 Å². The van der Waals surface area contributed by atoms with Crippen molar-refractivity contribution >= 4 is 5.91 Å². The highest BCUT2D eigenvalue weighted by molar-refractivity contribution is 5.81. The summed E-state index contributed by atoms with van der Waals surface area (Å²) in [7, 11) is 0. The second-order valence-electron chi connectivity index (χ2n) is 3.92. The largest absolute Gasteiger partial charge is 0.352 e. The number of carbonyl (C=O) groups is 1. The van der Waals surface area contributed by atoms with E-state index in [1.165, 1.54) is 0 Å². The Morgan fingerprint density at radius 2 is 2.23 bits per heavy atom. The van der Waals surface area contributed by atoms with E-state index in [0.717, 1.165) is 25.7 Å². The highest BCUT2D eigenvalue weighted by Gasteiger charge is 2.21. The maximum atomic E-state index is 11.2. The molecule has 1 amide bonds. The third kappa shape index (κ3) is 3.32. The SMILES string of the molecule is C[C@@H](N)C(=O)NC1CCCC(N)C1. The molecule has 4 heteroatoms. The first kappa shape index (κ1) is 10.5. The lowest BCUT2D eigenvalue weighted by molar-refractivity contribution is -0.122. The van der Waals surface area contributed by atoms with Crippen molar-refractivity contribution in [3.63, 3.8) is 0 Å². The summed E-state index contributed by atoms with van der Waals surface area (Å²) in [6.45, 7) is 1.69. The minimum atomic E-state index is -0.418. The molecule has 3 atom stereocenters. The Bertz CT molecular complexity index is 182. The lowest BCUT2D eigenvalue weighted by atomic mass is 9.91. The van der Waals surface area contributed by atoms with E-state index < -0.39 is 6.04 Å². The molecule has 1 rings (SSSR count). The van der Waals surface area contributed by atoms with Gasteiger partial charge in [0, 0.05) is 12.1 Å². The molecule has 5 N–H and O–H groups in total. The van der Waals surface area contributed by atoms with Gasteiger partial charge in [0.15, 0.2) is 0 Å². The molecule has 2 unspecified atom stereocenters. The minimum absolute atomic E-state index is 0.0703. The van der Waals surface area contributed by atoms with Gasteiger partial charge >= 0.3 is 0 Å². The van der Waals surface area contributed by atoms with Crippen LogP contribution in [0.1, 0.15) is 32.6 Å². The molecule has 0 aromatic rings. The normalized spacial score (nSPS) is 31.0. The molecule has 4 nitrogen and oxygen atoms in total. The molecule has 1 aliphatic rings. The zero-order valence-corrected chi connectivity index (χ0v) is 8.12. The van der Waals surface area contributed by atoms with Gasteiger partial charge in [-0.15, -0.1) is 0 Å². The molecular weight excluding hydrogens is 166 g/mol. The van der Waals surface area contributed by atoms with E-state index in [9.17, 15) is 4.79 Å². The number of hydrogen-bond donors (Lipinski definition) is 3. The molecule has 1 aliphatic carbocycles. The Labute approximate surface area is 79.0 Å². The third-order valence-electron chi connectivity index (χ3n) is 2.47. The quantitative estimate of drug-likeness (QED) is 0.553. The second kappa shape index (κ2) is 4.58. The Kier molecular flexibility index (Phi) is 3.69. The molecule has 0 spiro atoms. The molecule has 0 aromatic carbocycles. The van der Waals surface area contributed by atoms with Crippen LogP contribution in [0.2, 0.25) is 0 Å². The van der Waals surface area contributed by atoms with E-state index in [1.807, 2.05) is 0 Å². The van der Waals surface area contributed by atoms with Crippen LogP contribution in [0.5, 0.6) is 0 Å². The summed E-state index contributed by atoms with van der Waals surface area (Å²) in [4.78, 5) is 11.2. The van der Waals surface area contributed by atoms with Gasteiger partial charge in [-0.25, -0.2) is 0 Å². The van der Waals surface area contributed by atoms with Gasteiger partial charge < -0.3 is 16.8 Å². The summed E-state index contributed by atoms with van der Waals surface area (Å²) in [6, 6.07) is 0.0625. The van der Waals surface area contributed by atoms with Crippen LogP contribution in [0.25, 0.3) is 0 Å². The molecule has 0 bridgehead atoms. The summed E-state index contributed by atoms with van der Waals surface area (Å²) in [5.41, 5.74) is 11.2. The van der Waals surface area contributed by atoms with Gasteiger partial charge in [-0.2, -0.15) is 0 Å². The van der Waals surface area contributed by atoms with Crippen LogP contribution in [-0.2, 0) is 4.79 Å². The summed E-state index contributed by atoms with van der Waals surface area (Å²) in [5.74, 6) is -0.0703. The van der Waals surface area contributed by atoms with E-state index in [4.69, 9.17) is 11.5 Å². The number of hydrogen-bond acceptors (Lipinski definition) is 3. The van der Waals surface area contributed by atoms with Gasteiger partial charge in [0.1, 0.15) is 0 Å². The molecular formula is C9H19N3O. The molecule has 0 aliphatic heterocycles. The van der Waals surface area contributed by atoms with Gasteiger partial charge in [0.25, 0.3) is 0 Å². The second-order valence-corrected chi connectivity index (χ2v) is 3.92. The van der Waals surface area contributed by atoms with Crippen molar-refractivity contribution in [1.82, 2.24) is 5.32 Å². The van der Waals surface area contributed by atoms with Crippen molar-refractivity contribution < 1.29 is 4.79 Å². The van der Waals surface area contributed by atoms with Crippen molar-refractivity contribution in [1.29, 1.82) is 0 Å². The molecule has 0 radical (unpaired) electrons. The predicted molar refractivity (Wildman–Crippen MR) is 52.0 cm³/mol. The average Bonchev–Trinajstić information content (AvgIpc) is 2.04. The van der Waals surface area contributed by atoms with Crippen LogP contribution >= 0.6 is 0 Å². The summed E-state index contributed by atoms with van der Waals surface area (Å²) in [5, 5.41) is 2.90. The highest BCUT2D eigenvalue weighted by atomic mass is 16.2. The average molecular weight is 185 g/mol. The first-order chi connectivity index (χ1) is 6.09. The zero-order chi connectivity index (χ0) is 9.84. The van der Waals surface area contributed by atoms with Crippen molar-refractivity contribution in [3.05, 3.63) is 0 Å². The van der Waals surface area contributed by atoms with Gasteiger partial charge in [0.2, 0.25) is 5.91 Å². The van der Waals surface area contributed by atoms with Crippen LogP contribution in [-0.4, -0.2) is 24.0 Å². The van der Waals surface area contributed by atoms with Gasteiger partial charge in [-0.05, 0) is 32.6 Å². The first-order valence-corrected chi connectivity index (χ1v) is 4.91. The number of carbonyl (C=O) groups excluding carboxylic acids is 1. The van der Waals surface area contributed by atoms with Crippen LogP contribution in [0, 0.1) is 0 Å². The van der Waals surface area contributed by atoms with Crippen molar-refractivity contribution in [3.8, 4) is 0 Å². The van der Waals surface area contributed by atoms with E-state index >= 15 is 0 Å². The maximum Gasteiger partial charge on any atom is 0.236 e. The monoisotopic (exact) mass is 185 g/mol. The molecule has 13 heavy (non-hydrogen) atoms. The Morgan fingerprint density at radius 3 is 2.77 bits per heavy atom. The van der Waals surface area contributed by atoms with E-state index in [-0.39, 0.29) is 18.0 Å². The lowest BCUT2D eigenvalue weighted by Crippen LogP contribution is -2.47. The highest BCUT2D eigenvalue weighted by Crippen LogP contribution is 2.16. The fraction of sp³-hybridized carbons (Fsp3) is 0.889. The smallest absolute Gasteiger partial charge is 0.236 e. The van der Waals surface area contributed by atoms with Crippen LogP contribution < -0.4 is 16.8 Å². The van der Waals surface area contributed by atoms with Crippen molar-refractivity contribution in [2.45, 2.75) is 50.7 Å². The predicted octanol–water partition coefficient (Wildman–Crippen LogP) is -0.280. The Morgan fingerprint density at radius 1 is 1.54 bits per heavy atom. The van der Waals surface area contributed by atoms with Crippen LogP contribution in [0.15, 0.2) is 0 Å². The lowest BCUT2D eigenvalue weighted by Gasteiger charge is -2.27. The first-order valence-electron chi connectivity index (χ1n) is 4.91. The van der Waals surface area contributed by atoms with Crippen molar-refractivity contribution in [2.75, 3.05) is 0 Å². The van der Waals surface area contributed by atoms with E-state index in [0.29, 0.717) is 0 Å². The number of rotatable bonds is 2. The number of nitrogens with one attached hydrogen (secondary N) is 1. The van der Waals surface area contributed by atoms with Gasteiger partial charge in [0.05, 0.1) is 6.04 Å². The Balaban J connectivity index is 2.31. The third-order valence-corrected chi connectivity index (χ3v) is 2.47. The standard InChI is InChI=1S/C9H19N3O/c1-6(10)9(13)12-8-4-2-3-7(11)5-8/h6-8H,2-5,10-11H2,1H3,(H,12,13)/t6-,7?,8?/m1/s1. The summed E-state index contributed by atoms with van der Waals surface area (Å²) >= 11 is 0. The topological polar surface area (TPSA) is 81.1 Å². The number of nitrogens with two attached hydrogens (primary N) is 2. The fourth-order valence-corrected chi connectivity index (χ4v) is 1.69. The molecule has 76 valence electrons.